The maximum absolute atomic E-state index is 12.4. The predicted octanol–water partition coefficient (Wildman–Crippen LogP) is 3.47. The second kappa shape index (κ2) is 6.95. The van der Waals surface area contributed by atoms with Crippen LogP contribution in [0.5, 0.6) is 0 Å². The van der Waals surface area contributed by atoms with Gasteiger partial charge >= 0.3 is 0 Å². The zero-order valence-electron chi connectivity index (χ0n) is 13.3. The molecule has 3 rings (SSSR count). The summed E-state index contributed by atoms with van der Waals surface area (Å²) in [6.45, 7) is 6.22. The molecule has 122 valence electrons. The van der Waals surface area contributed by atoms with Crippen molar-refractivity contribution in [2.45, 2.75) is 13.5 Å². The number of carbonyl (C=O) groups is 1. The Morgan fingerprint density at radius 2 is 2.08 bits per heavy atom. The van der Waals surface area contributed by atoms with E-state index in [2.05, 4.69) is 16.7 Å². The van der Waals surface area contributed by atoms with E-state index in [1.54, 1.807) is 18.2 Å². The highest BCUT2D eigenvalue weighted by molar-refractivity contribution is 5.91. The highest BCUT2D eigenvalue weighted by Crippen LogP contribution is 2.17. The minimum Gasteiger partial charge on any atom is -0.459 e. The molecule has 1 amide bonds. The van der Waals surface area contributed by atoms with Gasteiger partial charge in [-0.1, -0.05) is 41.1 Å². The minimum absolute atomic E-state index is 0.185. The number of hydrogen-bond donors (Lipinski definition) is 0. The quantitative estimate of drug-likeness (QED) is 0.650. The molecule has 0 saturated heterocycles. The fourth-order valence-corrected chi connectivity index (χ4v) is 2.23. The molecule has 1 aromatic carbocycles. The van der Waals surface area contributed by atoms with Crippen LogP contribution in [-0.2, 0) is 6.54 Å². The summed E-state index contributed by atoms with van der Waals surface area (Å²) in [5.41, 5.74) is 2.02. The average molecular weight is 323 g/mol. The molecule has 6 heteroatoms. The molecule has 0 aliphatic rings. The first-order valence-corrected chi connectivity index (χ1v) is 7.50. The van der Waals surface area contributed by atoms with Gasteiger partial charge in [-0.15, -0.1) is 6.58 Å². The lowest BCUT2D eigenvalue weighted by molar-refractivity contribution is 0.0713. The number of nitrogens with zero attached hydrogens (tertiary/aromatic N) is 3. The number of hydrogen-bond acceptors (Lipinski definition) is 5. The number of aromatic nitrogens is 2. The Morgan fingerprint density at radius 3 is 2.75 bits per heavy atom. The van der Waals surface area contributed by atoms with Crippen LogP contribution in [0.25, 0.3) is 11.4 Å². The van der Waals surface area contributed by atoms with Gasteiger partial charge in [0.1, 0.15) is 6.54 Å². The smallest absolute Gasteiger partial charge is 0.290 e. The lowest BCUT2D eigenvalue weighted by Gasteiger charge is -2.17. The van der Waals surface area contributed by atoms with Gasteiger partial charge in [0.15, 0.2) is 5.76 Å². The van der Waals surface area contributed by atoms with Gasteiger partial charge in [0.25, 0.3) is 5.91 Å². The first-order chi connectivity index (χ1) is 11.7. The SMILES string of the molecule is C=CCN(Cc1nc(-c2ccc(C)cc2)no1)C(=O)c1ccco1. The summed E-state index contributed by atoms with van der Waals surface area (Å²) in [5, 5.41) is 3.98. The number of amides is 1. The molecular weight excluding hydrogens is 306 g/mol. The molecule has 0 bridgehead atoms. The highest BCUT2D eigenvalue weighted by Gasteiger charge is 2.20. The second-order valence-corrected chi connectivity index (χ2v) is 5.33. The van der Waals surface area contributed by atoms with Crippen molar-refractivity contribution in [3.63, 3.8) is 0 Å². The molecule has 2 aromatic heterocycles. The summed E-state index contributed by atoms with van der Waals surface area (Å²) >= 11 is 0. The van der Waals surface area contributed by atoms with Crippen LogP contribution in [0.3, 0.4) is 0 Å². The Balaban J connectivity index is 1.77. The molecule has 0 fully saturated rings. The standard InChI is InChI=1S/C18H17N3O3/c1-3-10-21(18(22)15-5-4-11-23-15)12-16-19-17(20-24-16)14-8-6-13(2)7-9-14/h3-9,11H,1,10,12H2,2H3. The number of benzene rings is 1. The fraction of sp³-hybridized carbons (Fsp3) is 0.167. The normalized spacial score (nSPS) is 10.5. The molecule has 6 nitrogen and oxygen atoms in total. The Kier molecular flexibility index (Phi) is 4.56. The van der Waals surface area contributed by atoms with Crippen molar-refractivity contribution in [3.05, 3.63) is 72.5 Å². The lowest BCUT2D eigenvalue weighted by Crippen LogP contribution is -2.30. The van der Waals surface area contributed by atoms with E-state index < -0.39 is 0 Å². The van der Waals surface area contributed by atoms with Gasteiger partial charge in [0.05, 0.1) is 6.26 Å². The average Bonchev–Trinajstić information content (AvgIpc) is 3.26. The highest BCUT2D eigenvalue weighted by atomic mass is 16.5. The number of carbonyl (C=O) groups excluding carboxylic acids is 1. The molecular formula is C18H17N3O3. The molecule has 0 atom stereocenters. The third-order valence-corrected chi connectivity index (χ3v) is 3.47. The van der Waals surface area contributed by atoms with Crippen molar-refractivity contribution < 1.29 is 13.7 Å². The van der Waals surface area contributed by atoms with Crippen LogP contribution in [-0.4, -0.2) is 27.5 Å². The summed E-state index contributed by atoms with van der Waals surface area (Å²) in [6.07, 6.45) is 3.10. The van der Waals surface area contributed by atoms with Crippen LogP contribution >= 0.6 is 0 Å². The van der Waals surface area contributed by atoms with Crippen molar-refractivity contribution in [1.29, 1.82) is 0 Å². The molecule has 0 aliphatic carbocycles. The van der Waals surface area contributed by atoms with Crippen LogP contribution < -0.4 is 0 Å². The summed E-state index contributed by atoms with van der Waals surface area (Å²) < 4.78 is 10.4. The Labute approximate surface area is 139 Å². The first kappa shape index (κ1) is 15.7. The maximum atomic E-state index is 12.4. The van der Waals surface area contributed by atoms with Crippen LogP contribution in [0.15, 0.2) is 64.3 Å². The summed E-state index contributed by atoms with van der Waals surface area (Å²) in [7, 11) is 0. The van der Waals surface area contributed by atoms with Gasteiger partial charge in [-0.25, -0.2) is 0 Å². The maximum Gasteiger partial charge on any atom is 0.290 e. The largest absolute Gasteiger partial charge is 0.459 e. The van der Waals surface area contributed by atoms with E-state index in [1.165, 1.54) is 11.2 Å². The predicted molar refractivity (Wildman–Crippen MR) is 88.1 cm³/mol. The molecule has 0 saturated carbocycles. The number of aryl methyl sites for hydroxylation is 1. The van der Waals surface area contributed by atoms with Gasteiger partial charge in [0.2, 0.25) is 11.7 Å². The van der Waals surface area contributed by atoms with Crippen molar-refractivity contribution in [2.24, 2.45) is 0 Å². The van der Waals surface area contributed by atoms with Crippen molar-refractivity contribution in [3.8, 4) is 11.4 Å². The van der Waals surface area contributed by atoms with Crippen LogP contribution in [0, 0.1) is 6.92 Å². The van der Waals surface area contributed by atoms with Gasteiger partial charge in [-0.05, 0) is 19.1 Å². The minimum atomic E-state index is -0.255. The van der Waals surface area contributed by atoms with Crippen molar-refractivity contribution >= 4 is 5.91 Å². The molecule has 0 unspecified atom stereocenters. The summed E-state index contributed by atoms with van der Waals surface area (Å²) in [4.78, 5) is 18.3. The third-order valence-electron chi connectivity index (χ3n) is 3.47. The van der Waals surface area contributed by atoms with E-state index in [9.17, 15) is 4.79 Å². The van der Waals surface area contributed by atoms with E-state index in [-0.39, 0.29) is 18.2 Å². The molecule has 0 radical (unpaired) electrons. The third kappa shape index (κ3) is 3.43. The molecule has 0 spiro atoms. The molecule has 0 N–H and O–H groups in total. The zero-order valence-corrected chi connectivity index (χ0v) is 13.3. The van der Waals surface area contributed by atoms with Crippen molar-refractivity contribution in [1.82, 2.24) is 15.0 Å². The van der Waals surface area contributed by atoms with Crippen LogP contribution in [0.4, 0.5) is 0 Å². The van der Waals surface area contributed by atoms with Gasteiger partial charge in [0, 0.05) is 12.1 Å². The molecule has 24 heavy (non-hydrogen) atoms. The van der Waals surface area contributed by atoms with E-state index in [0.717, 1.165) is 11.1 Å². The van der Waals surface area contributed by atoms with E-state index in [0.29, 0.717) is 18.3 Å². The monoisotopic (exact) mass is 323 g/mol. The summed E-state index contributed by atoms with van der Waals surface area (Å²) in [6, 6.07) is 11.1. The topological polar surface area (TPSA) is 72.4 Å². The Hall–Kier alpha value is -3.15. The first-order valence-electron chi connectivity index (χ1n) is 7.50. The number of rotatable bonds is 6. The second-order valence-electron chi connectivity index (χ2n) is 5.33. The van der Waals surface area contributed by atoms with Gasteiger partial charge < -0.3 is 13.8 Å². The summed E-state index contributed by atoms with van der Waals surface area (Å²) in [5.74, 6) is 0.853. The fourth-order valence-electron chi connectivity index (χ4n) is 2.23. The lowest BCUT2D eigenvalue weighted by atomic mass is 10.1. The molecule has 0 aliphatic heterocycles. The van der Waals surface area contributed by atoms with Crippen LogP contribution in [0.2, 0.25) is 0 Å². The van der Waals surface area contributed by atoms with Gasteiger partial charge in [-0.2, -0.15) is 4.98 Å². The Morgan fingerprint density at radius 1 is 1.29 bits per heavy atom. The van der Waals surface area contributed by atoms with Crippen LogP contribution in [0.1, 0.15) is 22.0 Å². The number of furan rings is 1. The van der Waals surface area contributed by atoms with E-state index in [4.69, 9.17) is 8.94 Å². The molecule has 3 aromatic rings. The zero-order chi connectivity index (χ0) is 16.9. The molecule has 2 heterocycles. The Bertz CT molecular complexity index is 820. The van der Waals surface area contributed by atoms with E-state index >= 15 is 0 Å². The van der Waals surface area contributed by atoms with E-state index in [1.807, 2.05) is 31.2 Å². The van der Waals surface area contributed by atoms with Crippen molar-refractivity contribution in [2.75, 3.05) is 6.54 Å². The van der Waals surface area contributed by atoms with Gasteiger partial charge in [-0.3, -0.25) is 4.79 Å².